The van der Waals surface area contributed by atoms with E-state index in [-0.39, 0.29) is 0 Å². The van der Waals surface area contributed by atoms with E-state index >= 15 is 0 Å². The second-order valence-electron chi connectivity index (χ2n) is 2.10. The highest BCUT2D eigenvalue weighted by Crippen LogP contribution is 2.36. The average Bonchev–Trinajstić information content (AvgIpc) is 2.09. The zero-order valence-electron chi connectivity index (χ0n) is 6.73. The molecule has 66 valence electrons. The highest BCUT2D eigenvalue weighted by molar-refractivity contribution is 14.1. The molecule has 0 aliphatic heterocycles. The Morgan fingerprint density at radius 1 is 1.25 bits per heavy atom. The van der Waals surface area contributed by atoms with Crippen LogP contribution in [0.5, 0.6) is 11.5 Å². The smallest absolute Gasteiger partial charge is 0.175 e. The molecule has 1 aromatic carbocycles. The van der Waals surface area contributed by atoms with Crippen molar-refractivity contribution in [3.63, 3.8) is 0 Å². The van der Waals surface area contributed by atoms with Gasteiger partial charge in [0, 0.05) is 4.47 Å². The van der Waals surface area contributed by atoms with E-state index in [1.807, 2.05) is 12.1 Å². The summed E-state index contributed by atoms with van der Waals surface area (Å²) in [5.41, 5.74) is 0. The van der Waals surface area contributed by atoms with Gasteiger partial charge in [-0.1, -0.05) is 0 Å². The molecule has 0 atom stereocenters. The summed E-state index contributed by atoms with van der Waals surface area (Å²) in [6, 6.07) is 3.80. The van der Waals surface area contributed by atoms with Crippen LogP contribution in [0.3, 0.4) is 0 Å². The minimum absolute atomic E-state index is 0.755. The van der Waals surface area contributed by atoms with Crippen molar-refractivity contribution in [3.8, 4) is 11.5 Å². The highest BCUT2D eigenvalue weighted by Gasteiger charge is 2.09. The number of ether oxygens (including phenoxy) is 2. The lowest BCUT2D eigenvalue weighted by Crippen LogP contribution is -1.93. The summed E-state index contributed by atoms with van der Waals surface area (Å²) in [7, 11) is 3.26. The van der Waals surface area contributed by atoms with Gasteiger partial charge in [-0.3, -0.25) is 0 Å². The minimum atomic E-state index is 0.755. The van der Waals surface area contributed by atoms with Crippen LogP contribution in [0.4, 0.5) is 0 Å². The lowest BCUT2D eigenvalue weighted by molar-refractivity contribution is 0.352. The summed E-state index contributed by atoms with van der Waals surface area (Å²) in [6.45, 7) is 0. The Bertz CT molecular complexity index is 289. The molecule has 0 aliphatic rings. The number of halogens is 2. The quantitative estimate of drug-likeness (QED) is 0.769. The number of hydrogen-bond donors (Lipinski definition) is 0. The minimum Gasteiger partial charge on any atom is -0.493 e. The van der Waals surface area contributed by atoms with Crippen molar-refractivity contribution in [2.24, 2.45) is 0 Å². The van der Waals surface area contributed by atoms with Crippen molar-refractivity contribution in [1.82, 2.24) is 0 Å². The maximum Gasteiger partial charge on any atom is 0.175 e. The van der Waals surface area contributed by atoms with Crippen LogP contribution in [0.2, 0.25) is 0 Å². The maximum absolute atomic E-state index is 5.19. The van der Waals surface area contributed by atoms with E-state index in [1.165, 1.54) is 0 Å². The number of benzene rings is 1. The van der Waals surface area contributed by atoms with Crippen LogP contribution in [0.15, 0.2) is 16.6 Å². The first-order chi connectivity index (χ1) is 5.70. The van der Waals surface area contributed by atoms with Gasteiger partial charge in [0.05, 0.1) is 17.8 Å². The Balaban J connectivity index is 3.25. The number of rotatable bonds is 2. The monoisotopic (exact) mass is 342 g/mol. The molecule has 0 spiro atoms. The van der Waals surface area contributed by atoms with Crippen LogP contribution < -0.4 is 9.47 Å². The third kappa shape index (κ3) is 1.85. The average molecular weight is 343 g/mol. The zero-order chi connectivity index (χ0) is 9.14. The van der Waals surface area contributed by atoms with Gasteiger partial charge < -0.3 is 9.47 Å². The molecular formula is C8H8BrIO2. The largest absolute Gasteiger partial charge is 0.493 e. The van der Waals surface area contributed by atoms with Crippen molar-refractivity contribution in [3.05, 3.63) is 20.2 Å². The normalized spacial score (nSPS) is 9.67. The van der Waals surface area contributed by atoms with E-state index in [2.05, 4.69) is 38.5 Å². The van der Waals surface area contributed by atoms with Crippen LogP contribution in [-0.4, -0.2) is 14.2 Å². The first-order valence-electron chi connectivity index (χ1n) is 3.26. The van der Waals surface area contributed by atoms with Gasteiger partial charge in [0.25, 0.3) is 0 Å². The van der Waals surface area contributed by atoms with Crippen molar-refractivity contribution in [1.29, 1.82) is 0 Å². The van der Waals surface area contributed by atoms with Gasteiger partial charge in [0.1, 0.15) is 0 Å². The summed E-state index contributed by atoms with van der Waals surface area (Å²) in [4.78, 5) is 0. The highest BCUT2D eigenvalue weighted by atomic mass is 127. The van der Waals surface area contributed by atoms with Crippen LogP contribution in [0.25, 0.3) is 0 Å². The summed E-state index contributed by atoms with van der Waals surface area (Å²) in [5.74, 6) is 1.53. The Kier molecular flexibility index (Phi) is 3.64. The second kappa shape index (κ2) is 4.32. The Labute approximate surface area is 93.5 Å². The molecule has 0 unspecified atom stereocenters. The van der Waals surface area contributed by atoms with Crippen LogP contribution in [0, 0.1) is 3.57 Å². The van der Waals surface area contributed by atoms with Crippen molar-refractivity contribution in [2.75, 3.05) is 14.2 Å². The predicted molar refractivity (Wildman–Crippen MR) is 60.0 cm³/mol. The first-order valence-corrected chi connectivity index (χ1v) is 5.14. The van der Waals surface area contributed by atoms with Crippen molar-refractivity contribution in [2.45, 2.75) is 0 Å². The SMILES string of the molecule is COc1ccc(Br)c(I)c1OC. The van der Waals surface area contributed by atoms with Crippen molar-refractivity contribution >= 4 is 38.5 Å². The fourth-order valence-electron chi connectivity index (χ4n) is 0.865. The molecule has 0 radical (unpaired) electrons. The maximum atomic E-state index is 5.19. The molecule has 0 heterocycles. The van der Waals surface area contributed by atoms with E-state index in [0.29, 0.717) is 0 Å². The first kappa shape index (κ1) is 10.1. The molecule has 0 bridgehead atoms. The summed E-state index contributed by atoms with van der Waals surface area (Å²) in [6.07, 6.45) is 0. The molecule has 0 N–H and O–H groups in total. The summed E-state index contributed by atoms with van der Waals surface area (Å²) >= 11 is 5.61. The van der Waals surface area contributed by atoms with E-state index < -0.39 is 0 Å². The second-order valence-corrected chi connectivity index (χ2v) is 4.03. The van der Waals surface area contributed by atoms with Gasteiger partial charge in [-0.15, -0.1) is 0 Å². The molecule has 0 aromatic heterocycles. The lowest BCUT2D eigenvalue weighted by atomic mass is 10.3. The van der Waals surface area contributed by atoms with E-state index in [0.717, 1.165) is 19.5 Å². The lowest BCUT2D eigenvalue weighted by Gasteiger charge is -2.09. The van der Waals surface area contributed by atoms with Crippen LogP contribution >= 0.6 is 38.5 Å². The zero-order valence-corrected chi connectivity index (χ0v) is 10.5. The Hall–Kier alpha value is 0.0300. The molecule has 1 aromatic rings. The molecule has 0 saturated heterocycles. The Morgan fingerprint density at radius 2 is 1.92 bits per heavy atom. The van der Waals surface area contributed by atoms with Gasteiger partial charge in [0.2, 0.25) is 0 Å². The van der Waals surface area contributed by atoms with Gasteiger partial charge in [0.15, 0.2) is 11.5 Å². The Morgan fingerprint density at radius 3 is 2.42 bits per heavy atom. The topological polar surface area (TPSA) is 18.5 Å². The van der Waals surface area contributed by atoms with E-state index in [4.69, 9.17) is 9.47 Å². The molecule has 0 fully saturated rings. The van der Waals surface area contributed by atoms with Gasteiger partial charge in [-0.2, -0.15) is 0 Å². The predicted octanol–water partition coefficient (Wildman–Crippen LogP) is 3.07. The van der Waals surface area contributed by atoms with Gasteiger partial charge in [-0.05, 0) is 50.7 Å². The summed E-state index contributed by atoms with van der Waals surface area (Å²) < 4.78 is 12.3. The molecule has 0 saturated carbocycles. The van der Waals surface area contributed by atoms with Crippen LogP contribution in [-0.2, 0) is 0 Å². The standard InChI is InChI=1S/C8H8BrIO2/c1-11-6-4-3-5(9)7(10)8(6)12-2/h3-4H,1-2H3. The summed E-state index contributed by atoms with van der Waals surface area (Å²) in [5, 5.41) is 0. The van der Waals surface area contributed by atoms with Crippen molar-refractivity contribution < 1.29 is 9.47 Å². The number of hydrogen-bond acceptors (Lipinski definition) is 2. The molecule has 0 aliphatic carbocycles. The van der Waals surface area contributed by atoms with E-state index in [9.17, 15) is 0 Å². The molecular weight excluding hydrogens is 335 g/mol. The van der Waals surface area contributed by atoms with E-state index in [1.54, 1.807) is 14.2 Å². The molecule has 0 amide bonds. The van der Waals surface area contributed by atoms with Gasteiger partial charge >= 0.3 is 0 Å². The number of methoxy groups -OCH3 is 2. The molecule has 12 heavy (non-hydrogen) atoms. The fourth-order valence-corrected chi connectivity index (χ4v) is 1.84. The third-order valence-corrected chi connectivity index (χ3v) is 3.91. The molecule has 1 rings (SSSR count). The van der Waals surface area contributed by atoms with Crippen LogP contribution in [0.1, 0.15) is 0 Å². The fraction of sp³-hybridized carbons (Fsp3) is 0.250. The molecule has 4 heteroatoms. The third-order valence-electron chi connectivity index (χ3n) is 1.44. The molecule has 2 nitrogen and oxygen atoms in total. The van der Waals surface area contributed by atoms with Gasteiger partial charge in [-0.25, -0.2) is 0 Å².